The van der Waals surface area contributed by atoms with E-state index in [2.05, 4.69) is 0 Å². The molecule has 1 aromatic carbocycles. The van der Waals surface area contributed by atoms with Crippen molar-refractivity contribution in [2.75, 3.05) is 12.8 Å². The van der Waals surface area contributed by atoms with Gasteiger partial charge in [-0.15, -0.1) is 0 Å². The van der Waals surface area contributed by atoms with Gasteiger partial charge in [0.15, 0.2) is 0 Å². The molecule has 2 N–H and O–H groups in total. The molecule has 0 bridgehead atoms. The molecule has 104 valence electrons. The number of ether oxygens (including phenoxy) is 1. The molecule has 2 rings (SSSR count). The highest BCUT2D eigenvalue weighted by Crippen LogP contribution is 2.37. The smallest absolute Gasteiger partial charge is 0.494 e. The first-order valence-corrected chi connectivity index (χ1v) is 6.47. The molecule has 1 aromatic rings. The lowest BCUT2D eigenvalue weighted by molar-refractivity contribution is 0.00578. The van der Waals surface area contributed by atoms with Gasteiger partial charge in [0.1, 0.15) is 5.75 Å². The van der Waals surface area contributed by atoms with Crippen molar-refractivity contribution < 1.29 is 14.0 Å². The molecule has 4 nitrogen and oxygen atoms in total. The van der Waals surface area contributed by atoms with Crippen molar-refractivity contribution in [3.05, 3.63) is 17.7 Å². The number of hydrogen-bond acceptors (Lipinski definition) is 4. The van der Waals surface area contributed by atoms with Gasteiger partial charge < -0.3 is 19.8 Å². The summed E-state index contributed by atoms with van der Waals surface area (Å²) in [5, 5.41) is 0. The monoisotopic (exact) mass is 263 g/mol. The van der Waals surface area contributed by atoms with Gasteiger partial charge in [-0.2, -0.15) is 0 Å². The Bertz CT molecular complexity index is 460. The fourth-order valence-corrected chi connectivity index (χ4v) is 2.22. The highest BCUT2D eigenvalue weighted by atomic mass is 16.7. The van der Waals surface area contributed by atoms with Crippen molar-refractivity contribution in [1.29, 1.82) is 0 Å². The molecular weight excluding hydrogens is 241 g/mol. The van der Waals surface area contributed by atoms with E-state index < -0.39 is 7.12 Å². The number of benzene rings is 1. The third-order valence-corrected chi connectivity index (χ3v) is 4.06. The lowest BCUT2D eigenvalue weighted by Crippen LogP contribution is -2.41. The third-order valence-electron chi connectivity index (χ3n) is 4.06. The highest BCUT2D eigenvalue weighted by molar-refractivity contribution is 6.62. The summed E-state index contributed by atoms with van der Waals surface area (Å²) in [6, 6.07) is 3.85. The van der Waals surface area contributed by atoms with Crippen LogP contribution in [-0.4, -0.2) is 25.4 Å². The van der Waals surface area contributed by atoms with E-state index in [4.69, 9.17) is 19.8 Å². The van der Waals surface area contributed by atoms with Crippen molar-refractivity contribution in [3.63, 3.8) is 0 Å². The van der Waals surface area contributed by atoms with Crippen LogP contribution in [0.2, 0.25) is 0 Å². The lowest BCUT2D eigenvalue weighted by Gasteiger charge is -2.32. The normalized spacial score (nSPS) is 20.6. The van der Waals surface area contributed by atoms with Gasteiger partial charge in [-0.3, -0.25) is 0 Å². The topological polar surface area (TPSA) is 53.7 Å². The minimum absolute atomic E-state index is 0.347. The Morgan fingerprint density at radius 2 is 1.63 bits per heavy atom. The fourth-order valence-electron chi connectivity index (χ4n) is 2.22. The minimum atomic E-state index is -0.392. The molecule has 19 heavy (non-hydrogen) atoms. The molecule has 0 aromatic heterocycles. The van der Waals surface area contributed by atoms with Gasteiger partial charge in [-0.25, -0.2) is 0 Å². The number of aryl methyl sites for hydroxylation is 1. The third kappa shape index (κ3) is 2.32. The maximum atomic E-state index is 6.02. The summed E-state index contributed by atoms with van der Waals surface area (Å²) in [4.78, 5) is 0. The van der Waals surface area contributed by atoms with Crippen molar-refractivity contribution in [1.82, 2.24) is 0 Å². The van der Waals surface area contributed by atoms with Crippen molar-refractivity contribution >= 4 is 18.3 Å². The Labute approximate surface area is 115 Å². The average Bonchev–Trinajstić information content (AvgIpc) is 2.47. The molecule has 0 radical (unpaired) electrons. The van der Waals surface area contributed by atoms with Crippen LogP contribution in [0.3, 0.4) is 0 Å². The van der Waals surface area contributed by atoms with Crippen molar-refractivity contribution in [2.24, 2.45) is 0 Å². The van der Waals surface area contributed by atoms with E-state index in [1.54, 1.807) is 7.11 Å². The summed E-state index contributed by atoms with van der Waals surface area (Å²) in [6.07, 6.45) is 0. The fraction of sp³-hybridized carbons (Fsp3) is 0.571. The largest absolute Gasteiger partial charge is 0.494 e. The standard InChI is InChI=1S/C14H22BNO3/c1-9-7-10(8-11(16)12(9)17-6)15-18-13(2,3)14(4,5)19-15/h7-8H,16H2,1-6H3. The van der Waals surface area contributed by atoms with Crippen LogP contribution in [0.4, 0.5) is 5.69 Å². The summed E-state index contributed by atoms with van der Waals surface area (Å²) in [5.74, 6) is 0.709. The second kappa shape index (κ2) is 4.42. The molecule has 1 fully saturated rings. The number of methoxy groups -OCH3 is 1. The molecule has 0 amide bonds. The quantitative estimate of drug-likeness (QED) is 0.654. The predicted octanol–water partition coefficient (Wildman–Crippen LogP) is 1.89. The van der Waals surface area contributed by atoms with Crippen molar-refractivity contribution in [3.8, 4) is 5.75 Å². The molecule has 1 saturated heterocycles. The molecule has 0 saturated carbocycles. The van der Waals surface area contributed by atoms with E-state index in [0.29, 0.717) is 11.4 Å². The number of rotatable bonds is 2. The summed E-state index contributed by atoms with van der Waals surface area (Å²) in [5.41, 5.74) is 7.81. The summed E-state index contributed by atoms with van der Waals surface area (Å²) < 4.78 is 17.3. The van der Waals surface area contributed by atoms with E-state index >= 15 is 0 Å². The van der Waals surface area contributed by atoms with Crippen LogP contribution in [0.1, 0.15) is 33.3 Å². The molecule has 1 heterocycles. The van der Waals surface area contributed by atoms with Crippen LogP contribution in [0, 0.1) is 6.92 Å². The molecular formula is C14H22BNO3. The first kappa shape index (κ1) is 14.2. The first-order chi connectivity index (χ1) is 8.68. The van der Waals surface area contributed by atoms with Gasteiger partial charge in [0.2, 0.25) is 0 Å². The molecule has 0 spiro atoms. The molecule has 1 aliphatic rings. The van der Waals surface area contributed by atoms with E-state index in [1.165, 1.54) is 0 Å². The predicted molar refractivity (Wildman–Crippen MR) is 77.9 cm³/mol. The number of nitrogens with two attached hydrogens (primary N) is 1. The van der Waals surface area contributed by atoms with Crippen molar-refractivity contribution in [2.45, 2.75) is 45.8 Å². The van der Waals surface area contributed by atoms with Crippen LogP contribution in [0.5, 0.6) is 5.75 Å². The minimum Gasteiger partial charge on any atom is -0.494 e. The Kier molecular flexibility index (Phi) is 3.31. The van der Waals surface area contributed by atoms with Gasteiger partial charge >= 0.3 is 7.12 Å². The maximum absolute atomic E-state index is 6.02. The van der Waals surface area contributed by atoms with Gasteiger partial charge in [0.25, 0.3) is 0 Å². The Balaban J connectivity index is 2.35. The van der Waals surface area contributed by atoms with Gasteiger partial charge in [-0.05, 0) is 51.7 Å². The van der Waals surface area contributed by atoms with E-state index in [9.17, 15) is 0 Å². The Morgan fingerprint density at radius 1 is 1.11 bits per heavy atom. The van der Waals surface area contributed by atoms with E-state index in [1.807, 2.05) is 46.8 Å². The Hall–Kier alpha value is -1.20. The Morgan fingerprint density at radius 3 is 2.05 bits per heavy atom. The highest BCUT2D eigenvalue weighted by Gasteiger charge is 2.51. The zero-order valence-corrected chi connectivity index (χ0v) is 12.5. The van der Waals surface area contributed by atoms with Gasteiger partial charge in [0, 0.05) is 0 Å². The average molecular weight is 263 g/mol. The zero-order chi connectivity index (χ0) is 14.4. The molecule has 5 heteroatoms. The number of anilines is 1. The van der Waals surface area contributed by atoms with E-state index in [0.717, 1.165) is 11.0 Å². The SMILES string of the molecule is COc1c(C)cc(B2OC(C)(C)C(C)(C)O2)cc1N. The van der Waals surface area contributed by atoms with Crippen LogP contribution >= 0.6 is 0 Å². The van der Waals surface area contributed by atoms with Gasteiger partial charge in [-0.1, -0.05) is 6.07 Å². The molecule has 0 unspecified atom stereocenters. The van der Waals surface area contributed by atoms with Gasteiger partial charge in [0.05, 0.1) is 24.0 Å². The van der Waals surface area contributed by atoms with E-state index in [-0.39, 0.29) is 11.2 Å². The van der Waals surface area contributed by atoms with Crippen LogP contribution < -0.4 is 15.9 Å². The second-order valence-electron chi connectivity index (χ2n) is 6.05. The van der Waals surface area contributed by atoms with Crippen LogP contribution in [0.15, 0.2) is 12.1 Å². The molecule has 1 aliphatic heterocycles. The second-order valence-corrected chi connectivity index (χ2v) is 6.05. The number of hydrogen-bond donors (Lipinski definition) is 1. The summed E-state index contributed by atoms with van der Waals surface area (Å²) >= 11 is 0. The summed E-state index contributed by atoms with van der Waals surface area (Å²) in [7, 11) is 1.23. The molecule has 0 atom stereocenters. The molecule has 0 aliphatic carbocycles. The summed E-state index contributed by atoms with van der Waals surface area (Å²) in [6.45, 7) is 10.1. The maximum Gasteiger partial charge on any atom is 0.494 e. The van der Waals surface area contributed by atoms with Crippen LogP contribution in [0.25, 0.3) is 0 Å². The first-order valence-electron chi connectivity index (χ1n) is 6.47. The van der Waals surface area contributed by atoms with Crippen LogP contribution in [-0.2, 0) is 9.31 Å². The number of nitrogen functional groups attached to an aromatic ring is 1. The lowest BCUT2D eigenvalue weighted by atomic mass is 9.78. The zero-order valence-electron chi connectivity index (χ0n) is 12.5.